The third-order valence-corrected chi connectivity index (χ3v) is 7.72. The summed E-state index contributed by atoms with van der Waals surface area (Å²) in [4.78, 5) is 6.15. The zero-order valence-corrected chi connectivity index (χ0v) is 23.6. The number of benzene rings is 3. The molecule has 0 saturated carbocycles. The van der Waals surface area contributed by atoms with Crippen molar-refractivity contribution in [2.75, 3.05) is 19.4 Å². The number of nitrogens with one attached hydrogen (secondary N) is 1. The SMILES string of the molecule is COc1ccc(C2=NN(C(=NC(CSN)C(C)C)NSc3ccc(Cl)cc3)CC2c2ccccc2)cc1. The Labute approximate surface area is 233 Å². The van der Waals surface area contributed by atoms with Crippen molar-refractivity contribution < 1.29 is 4.74 Å². The van der Waals surface area contributed by atoms with Gasteiger partial charge in [-0.25, -0.2) is 10.0 Å². The van der Waals surface area contributed by atoms with Gasteiger partial charge in [-0.05, 0) is 77.5 Å². The zero-order valence-electron chi connectivity index (χ0n) is 21.2. The fourth-order valence-corrected chi connectivity index (χ4v) is 5.41. The maximum Gasteiger partial charge on any atom is 0.225 e. The molecule has 3 N–H and O–H groups in total. The van der Waals surface area contributed by atoms with Crippen LogP contribution in [0.4, 0.5) is 0 Å². The first-order valence-corrected chi connectivity index (χ1v) is 14.4. The average Bonchev–Trinajstić information content (AvgIpc) is 3.37. The number of nitrogens with two attached hydrogens (primary N) is 1. The van der Waals surface area contributed by atoms with Crippen molar-refractivity contribution in [3.05, 3.63) is 95.0 Å². The van der Waals surface area contributed by atoms with Gasteiger partial charge in [0.25, 0.3) is 0 Å². The van der Waals surface area contributed by atoms with E-state index in [1.54, 1.807) is 7.11 Å². The van der Waals surface area contributed by atoms with Gasteiger partial charge in [0, 0.05) is 21.6 Å². The number of hydrogen-bond acceptors (Lipinski definition) is 6. The normalized spacial score (nSPS) is 16.6. The molecule has 2 unspecified atom stereocenters. The monoisotopic (exact) mass is 553 g/mol. The van der Waals surface area contributed by atoms with E-state index in [2.05, 4.69) is 55.0 Å². The van der Waals surface area contributed by atoms with Crippen molar-refractivity contribution in [3.8, 4) is 5.75 Å². The molecule has 6 nitrogen and oxygen atoms in total. The van der Waals surface area contributed by atoms with E-state index in [4.69, 9.17) is 31.6 Å². The first kappa shape index (κ1) is 27.4. The third kappa shape index (κ3) is 7.23. The molecule has 1 heterocycles. The molecule has 3 aromatic carbocycles. The van der Waals surface area contributed by atoms with Crippen LogP contribution >= 0.6 is 35.5 Å². The van der Waals surface area contributed by atoms with Gasteiger partial charge < -0.3 is 4.74 Å². The summed E-state index contributed by atoms with van der Waals surface area (Å²) in [6.45, 7) is 4.99. The van der Waals surface area contributed by atoms with Crippen molar-refractivity contribution >= 4 is 47.2 Å². The minimum Gasteiger partial charge on any atom is -0.497 e. The summed E-state index contributed by atoms with van der Waals surface area (Å²) in [5, 5.41) is 13.7. The minimum atomic E-state index is 0.0405. The van der Waals surface area contributed by atoms with Crippen LogP contribution in [0.3, 0.4) is 0 Å². The van der Waals surface area contributed by atoms with Crippen LogP contribution in [0, 0.1) is 5.92 Å². The van der Waals surface area contributed by atoms with E-state index >= 15 is 0 Å². The third-order valence-electron chi connectivity index (χ3n) is 6.14. The highest BCUT2D eigenvalue weighted by Gasteiger charge is 2.32. The zero-order chi connectivity index (χ0) is 26.2. The van der Waals surface area contributed by atoms with E-state index in [0.717, 1.165) is 27.7 Å². The summed E-state index contributed by atoms with van der Waals surface area (Å²) in [6.07, 6.45) is 0. The van der Waals surface area contributed by atoms with Crippen LogP contribution in [-0.4, -0.2) is 42.1 Å². The van der Waals surface area contributed by atoms with Gasteiger partial charge in [0.15, 0.2) is 0 Å². The van der Waals surface area contributed by atoms with Crippen LogP contribution in [-0.2, 0) is 0 Å². The summed E-state index contributed by atoms with van der Waals surface area (Å²) in [7, 11) is 1.67. The lowest BCUT2D eigenvalue weighted by molar-refractivity contribution is 0.415. The summed E-state index contributed by atoms with van der Waals surface area (Å²) >= 11 is 8.89. The fraction of sp³-hybridized carbons (Fsp3) is 0.286. The molecule has 194 valence electrons. The van der Waals surface area contributed by atoms with Crippen molar-refractivity contribution in [3.63, 3.8) is 0 Å². The lowest BCUT2D eigenvalue weighted by Gasteiger charge is -2.23. The molecule has 0 fully saturated rings. The molecule has 0 radical (unpaired) electrons. The molecule has 9 heteroatoms. The van der Waals surface area contributed by atoms with Gasteiger partial charge >= 0.3 is 0 Å². The standard InChI is InChI=1S/C28H32ClN5OS2/c1-19(2)26(18-36-30)31-28(33-37-24-15-11-22(29)12-16-24)34-17-25(20-7-5-4-6-8-20)27(32-34)21-9-13-23(35-3)14-10-21/h4-16,19,25-26H,17-18,30H2,1-3H3,(H,31,33). The Hall–Kier alpha value is -2.65. The van der Waals surface area contributed by atoms with Crippen LogP contribution < -0.4 is 14.6 Å². The summed E-state index contributed by atoms with van der Waals surface area (Å²) in [5.41, 5.74) is 3.26. The smallest absolute Gasteiger partial charge is 0.225 e. The molecule has 0 spiro atoms. The van der Waals surface area contributed by atoms with Gasteiger partial charge in [-0.3, -0.25) is 9.86 Å². The van der Waals surface area contributed by atoms with Crippen molar-refractivity contribution in [1.82, 2.24) is 9.73 Å². The van der Waals surface area contributed by atoms with E-state index < -0.39 is 0 Å². The Morgan fingerprint density at radius 1 is 1.11 bits per heavy atom. The van der Waals surface area contributed by atoms with Crippen LogP contribution in [0.2, 0.25) is 5.02 Å². The highest BCUT2D eigenvalue weighted by Crippen LogP contribution is 2.30. The number of ether oxygens (including phenoxy) is 1. The van der Waals surface area contributed by atoms with Crippen molar-refractivity contribution in [1.29, 1.82) is 0 Å². The number of hydrazone groups is 1. The Morgan fingerprint density at radius 3 is 2.43 bits per heavy atom. The van der Waals surface area contributed by atoms with Gasteiger partial charge in [-0.2, -0.15) is 5.10 Å². The molecule has 3 aromatic rings. The van der Waals surface area contributed by atoms with Gasteiger partial charge in [-0.15, -0.1) is 0 Å². The average molecular weight is 554 g/mol. The van der Waals surface area contributed by atoms with Crippen LogP contribution in [0.5, 0.6) is 5.75 Å². The quantitative estimate of drug-likeness (QED) is 0.180. The maximum atomic E-state index is 6.08. The molecule has 1 aliphatic rings. The van der Waals surface area contributed by atoms with Gasteiger partial charge in [0.1, 0.15) is 5.75 Å². The summed E-state index contributed by atoms with van der Waals surface area (Å²) < 4.78 is 8.85. The van der Waals surface area contributed by atoms with Gasteiger partial charge in [0.2, 0.25) is 5.96 Å². The topological polar surface area (TPSA) is 75.2 Å². The first-order chi connectivity index (χ1) is 18.0. The van der Waals surface area contributed by atoms with Crippen molar-refractivity contribution in [2.45, 2.75) is 30.7 Å². The predicted octanol–water partition coefficient (Wildman–Crippen LogP) is 6.44. The second-order valence-corrected chi connectivity index (χ2v) is 11.0. The minimum absolute atomic E-state index is 0.0405. The van der Waals surface area contributed by atoms with E-state index in [0.29, 0.717) is 23.4 Å². The Morgan fingerprint density at radius 2 is 1.81 bits per heavy atom. The Kier molecular flexibility index (Phi) is 9.80. The number of halogens is 1. The molecule has 0 amide bonds. The predicted molar refractivity (Wildman–Crippen MR) is 159 cm³/mol. The number of rotatable bonds is 9. The molecule has 0 saturated heterocycles. The van der Waals surface area contributed by atoms with E-state index in [1.165, 1.54) is 29.5 Å². The lowest BCUT2D eigenvalue weighted by Crippen LogP contribution is -2.36. The fourth-order valence-electron chi connectivity index (χ4n) is 3.99. The molecular weight excluding hydrogens is 522 g/mol. The molecule has 37 heavy (non-hydrogen) atoms. The molecule has 0 aromatic heterocycles. The van der Waals surface area contributed by atoms with Crippen LogP contribution in [0.25, 0.3) is 0 Å². The maximum absolute atomic E-state index is 6.08. The second kappa shape index (κ2) is 13.2. The number of guanidine groups is 1. The van der Waals surface area contributed by atoms with Crippen molar-refractivity contribution in [2.24, 2.45) is 21.2 Å². The Balaban J connectivity index is 1.70. The molecule has 0 aliphatic carbocycles. The highest BCUT2D eigenvalue weighted by molar-refractivity contribution is 7.98. The lowest BCUT2D eigenvalue weighted by atomic mass is 9.90. The molecule has 0 bridgehead atoms. The van der Waals surface area contributed by atoms with E-state index in [1.807, 2.05) is 47.5 Å². The molecular formula is C28H32ClN5OS2. The van der Waals surface area contributed by atoms with Gasteiger partial charge in [0.05, 0.1) is 25.4 Å². The highest BCUT2D eigenvalue weighted by atomic mass is 35.5. The first-order valence-electron chi connectivity index (χ1n) is 12.1. The van der Waals surface area contributed by atoms with Gasteiger partial charge in [-0.1, -0.05) is 67.7 Å². The molecule has 1 aliphatic heterocycles. The number of aliphatic imine (C=N–C) groups is 1. The largest absolute Gasteiger partial charge is 0.497 e. The Bertz CT molecular complexity index is 1200. The van der Waals surface area contributed by atoms with Crippen LogP contribution in [0.15, 0.2) is 93.9 Å². The molecule has 4 rings (SSSR count). The van der Waals surface area contributed by atoms with E-state index in [-0.39, 0.29) is 12.0 Å². The second-order valence-electron chi connectivity index (χ2n) is 9.01. The summed E-state index contributed by atoms with van der Waals surface area (Å²) in [5.74, 6) is 2.66. The summed E-state index contributed by atoms with van der Waals surface area (Å²) in [6, 6.07) is 26.3. The number of nitrogens with zero attached hydrogens (tertiary/aromatic N) is 3. The number of methoxy groups -OCH3 is 1. The molecule has 2 atom stereocenters. The van der Waals surface area contributed by atoms with E-state index in [9.17, 15) is 0 Å². The van der Waals surface area contributed by atoms with Crippen LogP contribution in [0.1, 0.15) is 30.9 Å². The number of hydrogen-bond donors (Lipinski definition) is 2.